The number of amides is 3. The van der Waals surface area contributed by atoms with Crippen LogP contribution in [-0.2, 0) is 16.9 Å². The third-order valence-corrected chi connectivity index (χ3v) is 4.44. The first kappa shape index (κ1) is 16.9. The molecule has 1 fully saturated rings. The average Bonchev–Trinajstić information content (AvgIpc) is 2.81. The first-order chi connectivity index (χ1) is 11.8. The van der Waals surface area contributed by atoms with Crippen LogP contribution in [0.15, 0.2) is 48.5 Å². The van der Waals surface area contributed by atoms with Gasteiger partial charge in [0.25, 0.3) is 11.6 Å². The number of imide groups is 1. The summed E-state index contributed by atoms with van der Waals surface area (Å²) >= 11 is 5.84. The number of nitro benzene ring substituents is 1. The number of urea groups is 1. The molecule has 2 aromatic rings. The molecule has 0 saturated carbocycles. The van der Waals surface area contributed by atoms with Gasteiger partial charge in [0, 0.05) is 17.2 Å². The van der Waals surface area contributed by atoms with Gasteiger partial charge >= 0.3 is 6.03 Å². The molecular weight excluding hydrogens is 346 g/mol. The Hall–Kier alpha value is -2.93. The molecule has 2 aromatic carbocycles. The SMILES string of the molecule is C[C@]1(c2ccc([N+](=O)[O-])cc2)NC(=O)N(Cc2ccc(Cl)cc2)C1=O. The number of non-ortho nitro benzene ring substituents is 1. The summed E-state index contributed by atoms with van der Waals surface area (Å²) in [5.74, 6) is -0.415. The first-order valence-electron chi connectivity index (χ1n) is 7.45. The summed E-state index contributed by atoms with van der Waals surface area (Å²) in [5.41, 5.74) is -0.100. The van der Waals surface area contributed by atoms with Gasteiger partial charge in [-0.1, -0.05) is 23.7 Å². The summed E-state index contributed by atoms with van der Waals surface area (Å²) in [6.07, 6.45) is 0. The standard InChI is InChI=1S/C17H14ClN3O4/c1-17(12-4-8-14(9-5-12)21(24)25)15(22)20(16(23)19-17)10-11-2-6-13(18)7-3-11/h2-9H,10H2,1H3,(H,19,23)/t17-/m1/s1. The van der Waals surface area contributed by atoms with Gasteiger partial charge in [0.1, 0.15) is 5.54 Å². The molecule has 1 N–H and O–H groups in total. The lowest BCUT2D eigenvalue weighted by molar-refractivity contribution is -0.384. The van der Waals surface area contributed by atoms with Crippen molar-refractivity contribution in [3.8, 4) is 0 Å². The number of benzene rings is 2. The Kier molecular flexibility index (Phi) is 4.18. The molecule has 128 valence electrons. The Morgan fingerprint density at radius 2 is 1.72 bits per heavy atom. The molecule has 0 aliphatic carbocycles. The topological polar surface area (TPSA) is 92.6 Å². The highest BCUT2D eigenvalue weighted by Gasteiger charge is 2.48. The number of carbonyl (C=O) groups is 2. The Bertz CT molecular complexity index is 851. The van der Waals surface area contributed by atoms with Crippen LogP contribution < -0.4 is 5.32 Å². The average molecular weight is 360 g/mol. The van der Waals surface area contributed by atoms with Crippen LogP contribution >= 0.6 is 11.6 Å². The normalized spacial score (nSPS) is 19.8. The van der Waals surface area contributed by atoms with E-state index in [-0.39, 0.29) is 12.2 Å². The lowest BCUT2D eigenvalue weighted by Crippen LogP contribution is -2.40. The van der Waals surface area contributed by atoms with Crippen molar-refractivity contribution in [2.75, 3.05) is 0 Å². The number of nitrogens with one attached hydrogen (secondary N) is 1. The zero-order valence-corrected chi connectivity index (χ0v) is 14.0. The van der Waals surface area contributed by atoms with Gasteiger partial charge in [0.05, 0.1) is 11.5 Å². The van der Waals surface area contributed by atoms with Crippen molar-refractivity contribution in [2.45, 2.75) is 19.0 Å². The molecule has 8 heteroatoms. The van der Waals surface area contributed by atoms with E-state index in [2.05, 4.69) is 5.32 Å². The fraction of sp³-hybridized carbons (Fsp3) is 0.176. The Labute approximate surface area is 148 Å². The summed E-state index contributed by atoms with van der Waals surface area (Å²) in [6, 6.07) is 11.9. The van der Waals surface area contributed by atoms with E-state index in [0.717, 1.165) is 10.5 Å². The van der Waals surface area contributed by atoms with E-state index < -0.39 is 22.4 Å². The maximum atomic E-state index is 12.8. The highest BCUT2D eigenvalue weighted by Crippen LogP contribution is 2.31. The molecule has 0 aromatic heterocycles. The van der Waals surface area contributed by atoms with Crippen LogP contribution in [-0.4, -0.2) is 21.8 Å². The van der Waals surface area contributed by atoms with Crippen molar-refractivity contribution in [2.24, 2.45) is 0 Å². The van der Waals surface area contributed by atoms with Crippen LogP contribution in [0.5, 0.6) is 0 Å². The Balaban J connectivity index is 1.86. The maximum absolute atomic E-state index is 12.8. The van der Waals surface area contributed by atoms with Crippen molar-refractivity contribution in [1.82, 2.24) is 10.2 Å². The summed E-state index contributed by atoms with van der Waals surface area (Å²) in [4.78, 5) is 36.4. The van der Waals surface area contributed by atoms with E-state index in [1.54, 1.807) is 31.2 Å². The monoisotopic (exact) mass is 359 g/mol. The van der Waals surface area contributed by atoms with Crippen LogP contribution in [0.4, 0.5) is 10.5 Å². The maximum Gasteiger partial charge on any atom is 0.325 e. The molecule has 7 nitrogen and oxygen atoms in total. The predicted octanol–water partition coefficient (Wildman–Crippen LogP) is 3.22. The Morgan fingerprint density at radius 1 is 1.12 bits per heavy atom. The van der Waals surface area contributed by atoms with Gasteiger partial charge in [-0.2, -0.15) is 0 Å². The van der Waals surface area contributed by atoms with Crippen molar-refractivity contribution in [3.05, 3.63) is 74.8 Å². The van der Waals surface area contributed by atoms with Gasteiger partial charge in [-0.25, -0.2) is 4.79 Å². The van der Waals surface area contributed by atoms with E-state index in [0.29, 0.717) is 10.6 Å². The van der Waals surface area contributed by atoms with E-state index in [1.807, 2.05) is 0 Å². The number of hydrogen-bond donors (Lipinski definition) is 1. The number of nitro groups is 1. The second-order valence-corrected chi connectivity index (χ2v) is 6.31. The molecule has 3 rings (SSSR count). The molecule has 1 aliphatic rings. The largest absolute Gasteiger partial charge is 0.325 e. The van der Waals surface area contributed by atoms with Crippen LogP contribution in [0.25, 0.3) is 0 Å². The molecule has 0 unspecified atom stereocenters. The zero-order valence-electron chi connectivity index (χ0n) is 13.2. The van der Waals surface area contributed by atoms with Gasteiger partial charge in [-0.05, 0) is 42.3 Å². The number of hydrogen-bond acceptors (Lipinski definition) is 4. The predicted molar refractivity (Wildman–Crippen MR) is 91.0 cm³/mol. The van der Waals surface area contributed by atoms with E-state index >= 15 is 0 Å². The van der Waals surface area contributed by atoms with E-state index in [9.17, 15) is 19.7 Å². The quantitative estimate of drug-likeness (QED) is 0.515. The molecule has 1 atom stereocenters. The first-order valence-corrected chi connectivity index (χ1v) is 7.82. The highest BCUT2D eigenvalue weighted by molar-refractivity contribution is 6.30. The number of halogens is 1. The van der Waals surface area contributed by atoms with Crippen LogP contribution in [0.1, 0.15) is 18.1 Å². The van der Waals surface area contributed by atoms with Crippen LogP contribution in [0, 0.1) is 10.1 Å². The lowest BCUT2D eigenvalue weighted by Gasteiger charge is -2.22. The molecule has 3 amide bonds. The second-order valence-electron chi connectivity index (χ2n) is 5.88. The van der Waals surface area contributed by atoms with Crippen molar-refractivity contribution >= 4 is 29.2 Å². The molecule has 0 radical (unpaired) electrons. The van der Waals surface area contributed by atoms with Crippen molar-refractivity contribution in [3.63, 3.8) is 0 Å². The molecule has 1 heterocycles. The highest BCUT2D eigenvalue weighted by atomic mass is 35.5. The zero-order chi connectivity index (χ0) is 18.2. The van der Waals surface area contributed by atoms with Gasteiger partial charge in [0.15, 0.2) is 0 Å². The minimum Gasteiger partial charge on any atom is -0.319 e. The van der Waals surface area contributed by atoms with Gasteiger partial charge in [-0.3, -0.25) is 19.8 Å². The smallest absolute Gasteiger partial charge is 0.319 e. The molecule has 25 heavy (non-hydrogen) atoms. The molecule has 0 bridgehead atoms. The second kappa shape index (κ2) is 6.18. The molecular formula is C17H14ClN3O4. The number of carbonyl (C=O) groups excluding carboxylic acids is 2. The summed E-state index contributed by atoms with van der Waals surface area (Å²) < 4.78 is 0. The molecule has 0 spiro atoms. The third kappa shape index (κ3) is 3.06. The van der Waals surface area contributed by atoms with Gasteiger partial charge in [0.2, 0.25) is 0 Å². The summed E-state index contributed by atoms with van der Waals surface area (Å²) in [7, 11) is 0. The van der Waals surface area contributed by atoms with Gasteiger partial charge < -0.3 is 5.32 Å². The minimum atomic E-state index is -1.27. The molecule has 1 aliphatic heterocycles. The van der Waals surface area contributed by atoms with E-state index in [4.69, 9.17) is 11.6 Å². The van der Waals surface area contributed by atoms with Crippen molar-refractivity contribution in [1.29, 1.82) is 0 Å². The fourth-order valence-electron chi connectivity index (χ4n) is 2.73. The summed E-state index contributed by atoms with van der Waals surface area (Å²) in [5, 5.41) is 14.0. The minimum absolute atomic E-state index is 0.0813. The summed E-state index contributed by atoms with van der Waals surface area (Å²) in [6.45, 7) is 1.70. The number of rotatable bonds is 4. The van der Waals surface area contributed by atoms with Crippen molar-refractivity contribution < 1.29 is 14.5 Å². The lowest BCUT2D eigenvalue weighted by atomic mass is 9.92. The number of nitrogens with zero attached hydrogens (tertiary/aromatic N) is 2. The fourth-order valence-corrected chi connectivity index (χ4v) is 2.85. The van der Waals surface area contributed by atoms with Gasteiger partial charge in [-0.15, -0.1) is 0 Å². The van der Waals surface area contributed by atoms with Crippen LogP contribution in [0.2, 0.25) is 5.02 Å². The van der Waals surface area contributed by atoms with Crippen LogP contribution in [0.3, 0.4) is 0 Å². The molecule has 1 saturated heterocycles. The van der Waals surface area contributed by atoms with E-state index in [1.165, 1.54) is 24.3 Å². The Morgan fingerprint density at radius 3 is 2.28 bits per heavy atom. The third-order valence-electron chi connectivity index (χ3n) is 4.18.